The second-order valence-corrected chi connectivity index (χ2v) is 6.78. The van der Waals surface area contributed by atoms with Gasteiger partial charge < -0.3 is 0 Å². The van der Waals surface area contributed by atoms with E-state index in [9.17, 15) is 0 Å². The zero-order chi connectivity index (χ0) is 7.61. The SMILES string of the molecule is C=CCCCC1CC1(Br)Br. The van der Waals surface area contributed by atoms with Gasteiger partial charge in [0.15, 0.2) is 0 Å². The first-order valence-electron chi connectivity index (χ1n) is 3.65. The Kier molecular flexibility index (Phi) is 2.99. The van der Waals surface area contributed by atoms with Crippen molar-refractivity contribution in [1.29, 1.82) is 0 Å². The molecular formula is C8H12Br2. The molecule has 1 atom stereocenters. The molecule has 1 unspecified atom stereocenters. The minimum atomic E-state index is 0.307. The Hall–Kier alpha value is 0.700. The van der Waals surface area contributed by atoms with Crippen LogP contribution in [0.5, 0.6) is 0 Å². The van der Waals surface area contributed by atoms with Gasteiger partial charge in [-0.1, -0.05) is 37.9 Å². The van der Waals surface area contributed by atoms with Crippen LogP contribution in [0.25, 0.3) is 0 Å². The van der Waals surface area contributed by atoms with Crippen LogP contribution >= 0.6 is 31.9 Å². The van der Waals surface area contributed by atoms with Gasteiger partial charge in [-0.15, -0.1) is 6.58 Å². The molecule has 0 saturated heterocycles. The molecule has 0 spiro atoms. The Labute approximate surface area is 79.3 Å². The second kappa shape index (κ2) is 3.40. The van der Waals surface area contributed by atoms with Crippen molar-refractivity contribution in [3.8, 4) is 0 Å². The fourth-order valence-electron chi connectivity index (χ4n) is 1.09. The summed E-state index contributed by atoms with van der Waals surface area (Å²) < 4.78 is 0.307. The van der Waals surface area contributed by atoms with E-state index in [1.807, 2.05) is 6.08 Å². The lowest BCUT2D eigenvalue weighted by molar-refractivity contribution is 0.675. The summed E-state index contributed by atoms with van der Waals surface area (Å²) in [7, 11) is 0. The summed E-state index contributed by atoms with van der Waals surface area (Å²) in [6.07, 6.45) is 7.04. The van der Waals surface area contributed by atoms with Crippen LogP contribution in [0.4, 0.5) is 0 Å². The summed E-state index contributed by atoms with van der Waals surface area (Å²) in [6, 6.07) is 0. The highest BCUT2D eigenvalue weighted by Crippen LogP contribution is 2.58. The molecule has 1 aliphatic rings. The standard InChI is InChI=1S/C8H12Br2/c1-2-3-4-5-7-6-8(7,9)10/h2,7H,1,3-6H2. The molecule has 1 fully saturated rings. The number of unbranched alkanes of at least 4 members (excludes halogenated alkanes) is 1. The number of alkyl halides is 2. The van der Waals surface area contributed by atoms with E-state index in [1.165, 1.54) is 19.3 Å². The van der Waals surface area contributed by atoms with Crippen molar-refractivity contribution in [2.45, 2.75) is 28.9 Å². The molecule has 0 bridgehead atoms. The summed E-state index contributed by atoms with van der Waals surface area (Å²) in [4.78, 5) is 0. The summed E-state index contributed by atoms with van der Waals surface area (Å²) in [5.74, 6) is 0.854. The Bertz CT molecular complexity index is 129. The smallest absolute Gasteiger partial charge is 0.0837 e. The van der Waals surface area contributed by atoms with Crippen molar-refractivity contribution in [2.75, 3.05) is 0 Å². The normalized spacial score (nSPS) is 28.0. The topological polar surface area (TPSA) is 0 Å². The lowest BCUT2D eigenvalue weighted by Crippen LogP contribution is -1.87. The highest BCUT2D eigenvalue weighted by Gasteiger charge is 2.49. The highest BCUT2D eigenvalue weighted by atomic mass is 79.9. The van der Waals surface area contributed by atoms with Gasteiger partial charge in [-0.3, -0.25) is 0 Å². The molecule has 1 rings (SSSR count). The van der Waals surface area contributed by atoms with Crippen LogP contribution in [0, 0.1) is 5.92 Å². The minimum Gasteiger partial charge on any atom is -0.103 e. The third-order valence-corrected chi connectivity index (χ3v) is 3.86. The Morgan fingerprint density at radius 1 is 1.60 bits per heavy atom. The van der Waals surface area contributed by atoms with Crippen LogP contribution in [0.3, 0.4) is 0 Å². The average molecular weight is 268 g/mol. The van der Waals surface area contributed by atoms with Gasteiger partial charge in [0.2, 0.25) is 0 Å². The molecule has 0 nitrogen and oxygen atoms in total. The number of halogens is 2. The number of rotatable bonds is 4. The van der Waals surface area contributed by atoms with E-state index >= 15 is 0 Å². The van der Waals surface area contributed by atoms with Crippen molar-refractivity contribution >= 4 is 31.9 Å². The summed E-state index contributed by atoms with van der Waals surface area (Å²) in [5, 5.41) is 0. The van der Waals surface area contributed by atoms with Crippen LogP contribution in [-0.2, 0) is 0 Å². The molecule has 0 N–H and O–H groups in total. The molecule has 1 aliphatic carbocycles. The summed E-state index contributed by atoms with van der Waals surface area (Å²) in [5.41, 5.74) is 0. The van der Waals surface area contributed by atoms with Crippen LogP contribution in [0.15, 0.2) is 12.7 Å². The van der Waals surface area contributed by atoms with Gasteiger partial charge in [-0.2, -0.15) is 0 Å². The first kappa shape index (κ1) is 8.79. The van der Waals surface area contributed by atoms with Crippen LogP contribution in [-0.4, -0.2) is 3.23 Å². The first-order chi connectivity index (χ1) is 4.67. The van der Waals surface area contributed by atoms with Gasteiger partial charge in [0.25, 0.3) is 0 Å². The molecule has 0 amide bonds. The Morgan fingerprint density at radius 3 is 2.60 bits per heavy atom. The third kappa shape index (κ3) is 2.39. The van der Waals surface area contributed by atoms with Crippen LogP contribution in [0.1, 0.15) is 25.7 Å². The van der Waals surface area contributed by atoms with E-state index in [1.54, 1.807) is 0 Å². The first-order valence-corrected chi connectivity index (χ1v) is 5.24. The van der Waals surface area contributed by atoms with Crippen LogP contribution < -0.4 is 0 Å². The van der Waals surface area contributed by atoms with Gasteiger partial charge in [0.05, 0.1) is 3.23 Å². The average Bonchev–Trinajstić information content (AvgIpc) is 2.41. The van der Waals surface area contributed by atoms with Gasteiger partial charge in [0, 0.05) is 0 Å². The highest BCUT2D eigenvalue weighted by molar-refractivity contribution is 9.25. The minimum absolute atomic E-state index is 0.307. The predicted octanol–water partition coefficient (Wildman–Crippen LogP) is 3.85. The van der Waals surface area contributed by atoms with Crippen molar-refractivity contribution in [1.82, 2.24) is 0 Å². The molecule has 0 radical (unpaired) electrons. The van der Waals surface area contributed by atoms with E-state index in [0.717, 1.165) is 12.3 Å². The zero-order valence-electron chi connectivity index (χ0n) is 5.95. The Morgan fingerprint density at radius 2 is 2.20 bits per heavy atom. The lowest BCUT2D eigenvalue weighted by atomic mass is 10.2. The van der Waals surface area contributed by atoms with Gasteiger partial charge in [-0.25, -0.2) is 0 Å². The molecule has 0 aromatic carbocycles. The van der Waals surface area contributed by atoms with Crippen LogP contribution in [0.2, 0.25) is 0 Å². The van der Waals surface area contributed by atoms with E-state index in [4.69, 9.17) is 0 Å². The van der Waals surface area contributed by atoms with Crippen molar-refractivity contribution in [3.05, 3.63) is 12.7 Å². The lowest BCUT2D eigenvalue weighted by Gasteiger charge is -1.97. The molecule has 0 aliphatic heterocycles. The molecule has 2 heteroatoms. The number of allylic oxidation sites excluding steroid dienone is 1. The van der Waals surface area contributed by atoms with Crippen molar-refractivity contribution in [2.24, 2.45) is 5.92 Å². The van der Waals surface area contributed by atoms with Gasteiger partial charge in [0.1, 0.15) is 0 Å². The maximum atomic E-state index is 3.69. The maximum Gasteiger partial charge on any atom is 0.0837 e. The quantitative estimate of drug-likeness (QED) is 0.412. The molecule has 0 aromatic rings. The van der Waals surface area contributed by atoms with E-state index in [-0.39, 0.29) is 0 Å². The predicted molar refractivity (Wildman–Crippen MR) is 52.7 cm³/mol. The van der Waals surface area contributed by atoms with Crippen molar-refractivity contribution < 1.29 is 0 Å². The molecule has 1 saturated carbocycles. The Balaban J connectivity index is 2.02. The molecule has 0 heterocycles. The molecule has 10 heavy (non-hydrogen) atoms. The third-order valence-electron chi connectivity index (χ3n) is 1.92. The molecule has 58 valence electrons. The van der Waals surface area contributed by atoms with Gasteiger partial charge in [-0.05, 0) is 31.6 Å². The van der Waals surface area contributed by atoms with E-state index < -0.39 is 0 Å². The van der Waals surface area contributed by atoms with Gasteiger partial charge >= 0.3 is 0 Å². The molecular weight excluding hydrogens is 256 g/mol. The molecule has 0 aromatic heterocycles. The summed E-state index contributed by atoms with van der Waals surface area (Å²) in [6.45, 7) is 3.69. The summed E-state index contributed by atoms with van der Waals surface area (Å²) >= 11 is 7.19. The second-order valence-electron chi connectivity index (χ2n) is 2.88. The fraction of sp³-hybridized carbons (Fsp3) is 0.750. The number of hydrogen-bond acceptors (Lipinski definition) is 0. The fourth-order valence-corrected chi connectivity index (χ4v) is 2.33. The maximum absolute atomic E-state index is 3.69. The monoisotopic (exact) mass is 266 g/mol. The van der Waals surface area contributed by atoms with E-state index in [0.29, 0.717) is 3.23 Å². The number of hydrogen-bond donors (Lipinski definition) is 0. The largest absolute Gasteiger partial charge is 0.103 e. The zero-order valence-corrected chi connectivity index (χ0v) is 9.12. The van der Waals surface area contributed by atoms with E-state index in [2.05, 4.69) is 38.4 Å². The van der Waals surface area contributed by atoms with Crippen molar-refractivity contribution in [3.63, 3.8) is 0 Å².